The molecule has 2 heterocycles. The van der Waals surface area contributed by atoms with Gasteiger partial charge >= 0.3 is 5.97 Å². The number of rotatable bonds is 4. The molecule has 8 heteroatoms. The van der Waals surface area contributed by atoms with E-state index in [9.17, 15) is 18.3 Å². The van der Waals surface area contributed by atoms with Gasteiger partial charge in [-0.3, -0.25) is 4.98 Å². The van der Waals surface area contributed by atoms with Crippen LogP contribution in [0, 0.1) is 6.92 Å². The first-order chi connectivity index (χ1) is 11.8. The molecule has 0 saturated heterocycles. The quantitative estimate of drug-likeness (QED) is 0.729. The van der Waals surface area contributed by atoms with Gasteiger partial charge in [-0.1, -0.05) is 18.2 Å². The van der Waals surface area contributed by atoms with E-state index in [1.165, 1.54) is 12.1 Å². The molecule has 3 rings (SSSR count). The molecular weight excluding hydrogens is 360 g/mol. The molecule has 0 bridgehead atoms. The number of nitrogens with two attached hydrogens (primary N) is 1. The number of sulfonamides is 1. The van der Waals surface area contributed by atoms with Gasteiger partial charge in [0.25, 0.3) is 0 Å². The monoisotopic (exact) mass is 374 g/mol. The van der Waals surface area contributed by atoms with Gasteiger partial charge in [-0.25, -0.2) is 18.4 Å². The molecule has 25 heavy (non-hydrogen) atoms. The number of benzene rings is 1. The lowest BCUT2D eigenvalue weighted by Crippen LogP contribution is -2.11. The van der Waals surface area contributed by atoms with Crippen LogP contribution in [0.15, 0.2) is 53.6 Å². The van der Waals surface area contributed by atoms with Crippen LogP contribution >= 0.6 is 11.3 Å². The molecule has 128 valence electrons. The van der Waals surface area contributed by atoms with Crippen molar-refractivity contribution in [2.45, 2.75) is 11.8 Å². The van der Waals surface area contributed by atoms with E-state index in [0.29, 0.717) is 16.8 Å². The van der Waals surface area contributed by atoms with Gasteiger partial charge in [0.2, 0.25) is 10.0 Å². The molecule has 0 unspecified atom stereocenters. The summed E-state index contributed by atoms with van der Waals surface area (Å²) >= 11 is 1.15. The van der Waals surface area contributed by atoms with Crippen molar-refractivity contribution in [2.75, 3.05) is 0 Å². The number of pyridine rings is 1. The minimum Gasteiger partial charge on any atom is -0.477 e. The summed E-state index contributed by atoms with van der Waals surface area (Å²) < 4.78 is 22.8. The van der Waals surface area contributed by atoms with Crippen molar-refractivity contribution in [3.8, 4) is 21.7 Å². The standard InChI is InChI=1S/C17H14N2O4S2/c1-10-14(11-5-7-12(8-6-11)25(18,22)23)16(17(20)21)24-15(10)13-4-2-3-9-19-13/h2-9H,1H3,(H,20,21)(H2,18,22,23). The molecule has 1 aromatic carbocycles. The molecule has 0 atom stereocenters. The van der Waals surface area contributed by atoms with E-state index in [1.807, 2.05) is 19.1 Å². The smallest absolute Gasteiger partial charge is 0.346 e. The lowest BCUT2D eigenvalue weighted by molar-refractivity contribution is 0.0703. The highest BCUT2D eigenvalue weighted by Gasteiger charge is 2.23. The maximum Gasteiger partial charge on any atom is 0.346 e. The largest absolute Gasteiger partial charge is 0.477 e. The summed E-state index contributed by atoms with van der Waals surface area (Å²) in [6.07, 6.45) is 1.65. The van der Waals surface area contributed by atoms with E-state index in [-0.39, 0.29) is 9.77 Å². The number of carbonyl (C=O) groups is 1. The number of thiophene rings is 1. The Morgan fingerprint density at radius 3 is 2.36 bits per heavy atom. The predicted octanol–water partition coefficient (Wildman–Crippen LogP) is 3.13. The minimum atomic E-state index is -3.80. The molecule has 6 nitrogen and oxygen atoms in total. The Morgan fingerprint density at radius 2 is 1.84 bits per heavy atom. The number of carboxylic acids is 1. The van der Waals surface area contributed by atoms with Gasteiger partial charge in [0.15, 0.2) is 0 Å². The summed E-state index contributed by atoms with van der Waals surface area (Å²) in [5, 5.41) is 14.7. The topological polar surface area (TPSA) is 110 Å². The molecule has 0 fully saturated rings. The Hall–Kier alpha value is -2.55. The summed E-state index contributed by atoms with van der Waals surface area (Å²) in [5.74, 6) is -1.04. The van der Waals surface area contributed by atoms with Gasteiger partial charge < -0.3 is 5.11 Å². The number of hydrogen-bond acceptors (Lipinski definition) is 5. The van der Waals surface area contributed by atoms with Crippen LogP contribution in [0.4, 0.5) is 0 Å². The van der Waals surface area contributed by atoms with Crippen molar-refractivity contribution in [3.05, 3.63) is 59.1 Å². The summed E-state index contributed by atoms with van der Waals surface area (Å²) in [6, 6.07) is 11.3. The van der Waals surface area contributed by atoms with E-state index >= 15 is 0 Å². The highest BCUT2D eigenvalue weighted by molar-refractivity contribution is 7.89. The zero-order valence-corrected chi connectivity index (χ0v) is 14.8. The van der Waals surface area contributed by atoms with Crippen molar-refractivity contribution in [3.63, 3.8) is 0 Å². The van der Waals surface area contributed by atoms with Gasteiger partial charge in [-0.15, -0.1) is 11.3 Å². The molecule has 0 aliphatic carbocycles. The molecule has 3 N–H and O–H groups in total. The van der Waals surface area contributed by atoms with E-state index in [0.717, 1.165) is 21.8 Å². The van der Waals surface area contributed by atoms with Crippen LogP contribution in [-0.4, -0.2) is 24.5 Å². The van der Waals surface area contributed by atoms with E-state index < -0.39 is 16.0 Å². The van der Waals surface area contributed by atoms with Crippen LogP contribution in [0.3, 0.4) is 0 Å². The molecule has 0 aliphatic heterocycles. The Morgan fingerprint density at radius 1 is 1.16 bits per heavy atom. The van der Waals surface area contributed by atoms with Gasteiger partial charge in [-0.05, 0) is 42.3 Å². The Kier molecular flexibility index (Phi) is 4.42. The zero-order chi connectivity index (χ0) is 18.2. The van der Waals surface area contributed by atoms with Gasteiger partial charge in [0.05, 0.1) is 15.5 Å². The number of hydrogen-bond donors (Lipinski definition) is 2. The molecular formula is C17H14N2O4S2. The zero-order valence-electron chi connectivity index (χ0n) is 13.1. The third-order valence-corrected chi connectivity index (χ3v) is 5.94. The fourth-order valence-electron chi connectivity index (χ4n) is 2.56. The summed E-state index contributed by atoms with van der Waals surface area (Å²) in [4.78, 5) is 16.9. The van der Waals surface area contributed by atoms with Crippen LogP contribution in [0.1, 0.15) is 15.2 Å². The van der Waals surface area contributed by atoms with E-state index in [2.05, 4.69) is 4.98 Å². The second-order valence-electron chi connectivity index (χ2n) is 5.35. The SMILES string of the molecule is Cc1c(-c2ccccn2)sc(C(=O)O)c1-c1ccc(S(N)(=O)=O)cc1. The van der Waals surface area contributed by atoms with Gasteiger partial charge in [0, 0.05) is 11.8 Å². The Bertz CT molecular complexity index is 1040. The molecule has 3 aromatic rings. The average molecular weight is 374 g/mol. The number of carboxylic acid groups (broad SMARTS) is 1. The lowest BCUT2D eigenvalue weighted by Gasteiger charge is -2.05. The maximum atomic E-state index is 11.7. The van der Waals surface area contributed by atoms with Crippen LogP contribution in [-0.2, 0) is 10.0 Å². The second-order valence-corrected chi connectivity index (χ2v) is 7.93. The van der Waals surface area contributed by atoms with Crippen molar-refractivity contribution in [1.29, 1.82) is 0 Å². The molecule has 0 saturated carbocycles. The van der Waals surface area contributed by atoms with Crippen molar-refractivity contribution in [1.82, 2.24) is 4.98 Å². The highest BCUT2D eigenvalue weighted by Crippen LogP contribution is 2.41. The molecule has 0 spiro atoms. The highest BCUT2D eigenvalue weighted by atomic mass is 32.2. The first kappa shape index (κ1) is 17.3. The first-order valence-corrected chi connectivity index (χ1v) is 9.56. The molecule has 0 amide bonds. The van der Waals surface area contributed by atoms with Crippen molar-refractivity contribution < 1.29 is 18.3 Å². The Labute approximate surface area is 148 Å². The fraction of sp³-hybridized carbons (Fsp3) is 0.0588. The van der Waals surface area contributed by atoms with E-state index in [4.69, 9.17) is 5.14 Å². The molecule has 2 aromatic heterocycles. The normalized spacial score (nSPS) is 11.4. The number of aromatic nitrogens is 1. The predicted molar refractivity (Wildman–Crippen MR) is 96.1 cm³/mol. The minimum absolute atomic E-state index is 0.0223. The second kappa shape index (κ2) is 6.40. The van der Waals surface area contributed by atoms with Gasteiger partial charge in [0.1, 0.15) is 4.88 Å². The van der Waals surface area contributed by atoms with Crippen molar-refractivity contribution in [2.24, 2.45) is 5.14 Å². The van der Waals surface area contributed by atoms with Crippen LogP contribution in [0.25, 0.3) is 21.7 Å². The van der Waals surface area contributed by atoms with Crippen LogP contribution in [0.5, 0.6) is 0 Å². The lowest BCUT2D eigenvalue weighted by atomic mass is 10.00. The van der Waals surface area contributed by atoms with Crippen molar-refractivity contribution >= 4 is 27.3 Å². The number of nitrogens with zero attached hydrogens (tertiary/aromatic N) is 1. The van der Waals surface area contributed by atoms with Gasteiger partial charge in [-0.2, -0.15) is 0 Å². The molecule has 0 aliphatic rings. The third kappa shape index (κ3) is 3.32. The fourth-order valence-corrected chi connectivity index (χ4v) is 4.22. The average Bonchev–Trinajstić information content (AvgIpc) is 2.92. The first-order valence-electron chi connectivity index (χ1n) is 7.20. The summed E-state index contributed by atoms with van der Waals surface area (Å²) in [7, 11) is -3.80. The molecule has 0 radical (unpaired) electrons. The van der Waals surface area contributed by atoms with E-state index in [1.54, 1.807) is 24.4 Å². The van der Waals surface area contributed by atoms with Crippen LogP contribution in [0.2, 0.25) is 0 Å². The summed E-state index contributed by atoms with van der Waals surface area (Å²) in [6.45, 7) is 1.83. The maximum absolute atomic E-state index is 11.7. The third-order valence-electron chi connectivity index (χ3n) is 3.71. The Balaban J connectivity index is 2.19. The number of aromatic carboxylic acids is 1. The van der Waals surface area contributed by atoms with Crippen LogP contribution < -0.4 is 5.14 Å². The number of primary sulfonamides is 1. The summed E-state index contributed by atoms with van der Waals surface area (Å²) in [5.41, 5.74) is 2.64.